The molecule has 31 heavy (non-hydrogen) atoms. The molecule has 3 amide bonds. The second-order valence-corrected chi connectivity index (χ2v) is 9.00. The Hall–Kier alpha value is -2.68. The van der Waals surface area contributed by atoms with Crippen LogP contribution in [0.3, 0.4) is 0 Å². The number of hydrogen-bond donors (Lipinski definition) is 1. The molecule has 2 aliphatic heterocycles. The first-order valence-corrected chi connectivity index (χ1v) is 11.8. The third kappa shape index (κ3) is 5.52. The summed E-state index contributed by atoms with van der Waals surface area (Å²) in [7, 11) is 0. The van der Waals surface area contributed by atoms with Gasteiger partial charge in [0.05, 0.1) is 18.4 Å². The summed E-state index contributed by atoms with van der Waals surface area (Å²) in [5.74, 6) is 0.156. The van der Waals surface area contributed by atoms with Gasteiger partial charge in [0.15, 0.2) is 10.9 Å². The van der Waals surface area contributed by atoms with Crippen molar-refractivity contribution in [1.82, 2.24) is 14.8 Å². The van der Waals surface area contributed by atoms with Crippen LogP contribution in [0.15, 0.2) is 28.2 Å². The van der Waals surface area contributed by atoms with E-state index in [1.165, 1.54) is 30.4 Å². The molecule has 1 N–H and O–H groups in total. The highest BCUT2D eigenvalue weighted by atomic mass is 32.1. The number of furan rings is 1. The first-order valence-electron chi connectivity index (χ1n) is 11.0. The molecule has 0 unspecified atom stereocenters. The van der Waals surface area contributed by atoms with Gasteiger partial charge in [-0.05, 0) is 37.8 Å². The van der Waals surface area contributed by atoms with Crippen molar-refractivity contribution in [2.45, 2.75) is 44.9 Å². The van der Waals surface area contributed by atoms with E-state index in [4.69, 9.17) is 4.42 Å². The van der Waals surface area contributed by atoms with Crippen LogP contribution in [0, 0.1) is 5.92 Å². The fourth-order valence-electron chi connectivity index (χ4n) is 4.20. The normalized spacial score (nSPS) is 17.9. The van der Waals surface area contributed by atoms with Gasteiger partial charge in [-0.1, -0.05) is 12.8 Å². The van der Waals surface area contributed by atoms with Gasteiger partial charge >= 0.3 is 0 Å². The second-order valence-electron chi connectivity index (χ2n) is 8.15. The standard InChI is InChI=1S/C22H28N4O4S/c27-19(14-17-15-31-22(23-17)24-20(28)18-6-5-13-30-18)25-11-7-16(8-12-25)21(29)26-9-3-1-2-4-10-26/h5-6,13,15-16H,1-4,7-12,14H2,(H,23,24,28). The van der Waals surface area contributed by atoms with Crippen LogP contribution in [0.5, 0.6) is 0 Å². The molecule has 166 valence electrons. The zero-order valence-corrected chi connectivity index (χ0v) is 18.4. The van der Waals surface area contributed by atoms with Crippen molar-refractivity contribution < 1.29 is 18.8 Å². The zero-order valence-electron chi connectivity index (χ0n) is 17.5. The highest BCUT2D eigenvalue weighted by molar-refractivity contribution is 7.14. The number of carbonyl (C=O) groups is 3. The molecule has 9 heteroatoms. The fourth-order valence-corrected chi connectivity index (χ4v) is 4.91. The summed E-state index contributed by atoms with van der Waals surface area (Å²) in [5.41, 5.74) is 0.632. The predicted molar refractivity (Wildman–Crippen MR) is 117 cm³/mol. The number of piperidine rings is 1. The van der Waals surface area contributed by atoms with E-state index in [1.807, 2.05) is 9.80 Å². The number of likely N-dealkylation sites (tertiary alicyclic amines) is 2. The molecule has 2 aromatic heterocycles. The first kappa shape index (κ1) is 21.5. The number of anilines is 1. The summed E-state index contributed by atoms with van der Waals surface area (Å²) in [6.07, 6.45) is 7.69. The molecule has 0 atom stereocenters. The number of nitrogens with zero attached hydrogens (tertiary/aromatic N) is 3. The second kappa shape index (κ2) is 10.1. The lowest BCUT2D eigenvalue weighted by Gasteiger charge is -2.34. The number of hydrogen-bond acceptors (Lipinski definition) is 6. The minimum atomic E-state index is -0.367. The molecule has 0 aliphatic carbocycles. The average molecular weight is 445 g/mol. The van der Waals surface area contributed by atoms with Gasteiger partial charge in [0.1, 0.15) is 0 Å². The molecule has 4 rings (SSSR count). The maximum Gasteiger partial charge on any atom is 0.293 e. The van der Waals surface area contributed by atoms with Crippen molar-refractivity contribution in [2.24, 2.45) is 5.92 Å². The third-order valence-electron chi connectivity index (χ3n) is 5.96. The van der Waals surface area contributed by atoms with E-state index in [-0.39, 0.29) is 35.8 Å². The lowest BCUT2D eigenvalue weighted by molar-refractivity contribution is -0.140. The molecular formula is C22H28N4O4S. The molecule has 0 saturated carbocycles. The van der Waals surface area contributed by atoms with Crippen molar-refractivity contribution >= 4 is 34.2 Å². The molecule has 8 nitrogen and oxygen atoms in total. The Labute approximate surface area is 185 Å². The molecule has 2 saturated heterocycles. The van der Waals surface area contributed by atoms with Gasteiger partial charge in [-0.2, -0.15) is 0 Å². The summed E-state index contributed by atoms with van der Waals surface area (Å²) in [6.45, 7) is 2.96. The Morgan fingerprint density at radius 3 is 2.48 bits per heavy atom. The van der Waals surface area contributed by atoms with E-state index in [0.29, 0.717) is 23.9 Å². The smallest absolute Gasteiger partial charge is 0.293 e. The molecule has 0 aromatic carbocycles. The SMILES string of the molecule is O=C(Nc1nc(CC(=O)N2CCC(C(=O)N3CCCCCC3)CC2)cs1)c1ccco1. The largest absolute Gasteiger partial charge is 0.459 e. The zero-order chi connectivity index (χ0) is 21.6. The molecular weight excluding hydrogens is 416 g/mol. The number of aromatic nitrogens is 1. The number of nitrogens with one attached hydrogen (secondary N) is 1. The summed E-state index contributed by atoms with van der Waals surface area (Å²) < 4.78 is 5.07. The monoisotopic (exact) mass is 444 g/mol. The highest BCUT2D eigenvalue weighted by Gasteiger charge is 2.30. The first-order chi connectivity index (χ1) is 15.1. The molecule has 0 radical (unpaired) electrons. The van der Waals surface area contributed by atoms with Gasteiger partial charge in [-0.15, -0.1) is 11.3 Å². The summed E-state index contributed by atoms with van der Waals surface area (Å²) >= 11 is 1.28. The van der Waals surface area contributed by atoms with E-state index in [9.17, 15) is 14.4 Å². The number of carbonyl (C=O) groups excluding carboxylic acids is 3. The quantitative estimate of drug-likeness (QED) is 0.764. The Balaban J connectivity index is 1.24. The van der Waals surface area contributed by atoms with Crippen LogP contribution < -0.4 is 5.32 Å². The van der Waals surface area contributed by atoms with Gasteiger partial charge < -0.3 is 14.2 Å². The Kier molecular flexibility index (Phi) is 7.01. The highest BCUT2D eigenvalue weighted by Crippen LogP contribution is 2.23. The van der Waals surface area contributed by atoms with Crippen molar-refractivity contribution in [1.29, 1.82) is 0 Å². The Morgan fingerprint density at radius 1 is 1.06 bits per heavy atom. The molecule has 0 spiro atoms. The van der Waals surface area contributed by atoms with Crippen molar-refractivity contribution in [2.75, 3.05) is 31.5 Å². The van der Waals surface area contributed by atoms with Gasteiger partial charge in [0.25, 0.3) is 5.91 Å². The topological polar surface area (TPSA) is 95.8 Å². The van der Waals surface area contributed by atoms with Gasteiger partial charge in [0.2, 0.25) is 11.8 Å². The van der Waals surface area contributed by atoms with Gasteiger partial charge in [0, 0.05) is 37.5 Å². The Morgan fingerprint density at radius 2 is 1.81 bits per heavy atom. The number of thiazole rings is 1. The van der Waals surface area contributed by atoms with E-state index in [0.717, 1.165) is 38.8 Å². The van der Waals surface area contributed by atoms with Crippen LogP contribution >= 0.6 is 11.3 Å². The van der Waals surface area contributed by atoms with E-state index < -0.39 is 0 Å². The van der Waals surface area contributed by atoms with Gasteiger partial charge in [-0.3, -0.25) is 19.7 Å². The molecule has 0 bridgehead atoms. The molecule has 2 fully saturated rings. The minimum Gasteiger partial charge on any atom is -0.459 e. The number of amides is 3. The minimum absolute atomic E-state index is 0.00915. The van der Waals surface area contributed by atoms with E-state index in [1.54, 1.807) is 17.5 Å². The molecule has 4 heterocycles. The number of rotatable bonds is 5. The van der Waals surface area contributed by atoms with Crippen LogP contribution in [-0.4, -0.2) is 58.7 Å². The van der Waals surface area contributed by atoms with Crippen LogP contribution in [0.4, 0.5) is 5.13 Å². The van der Waals surface area contributed by atoms with E-state index >= 15 is 0 Å². The van der Waals surface area contributed by atoms with Crippen LogP contribution in [-0.2, 0) is 16.0 Å². The average Bonchev–Trinajstić information content (AvgIpc) is 3.40. The van der Waals surface area contributed by atoms with Crippen LogP contribution in [0.2, 0.25) is 0 Å². The maximum atomic E-state index is 12.8. The molecule has 2 aliphatic rings. The maximum absolute atomic E-state index is 12.8. The Bertz CT molecular complexity index is 895. The van der Waals surface area contributed by atoms with E-state index in [2.05, 4.69) is 10.3 Å². The van der Waals surface area contributed by atoms with Crippen molar-refractivity contribution in [3.63, 3.8) is 0 Å². The lowest BCUT2D eigenvalue weighted by atomic mass is 9.95. The van der Waals surface area contributed by atoms with Crippen molar-refractivity contribution in [3.05, 3.63) is 35.2 Å². The fraction of sp³-hybridized carbons (Fsp3) is 0.545. The van der Waals surface area contributed by atoms with Crippen LogP contribution in [0.1, 0.15) is 54.8 Å². The van der Waals surface area contributed by atoms with Crippen molar-refractivity contribution in [3.8, 4) is 0 Å². The lowest BCUT2D eigenvalue weighted by Crippen LogP contribution is -2.45. The molecule has 2 aromatic rings. The summed E-state index contributed by atoms with van der Waals surface area (Å²) in [5, 5.41) is 4.90. The third-order valence-corrected chi connectivity index (χ3v) is 6.77. The van der Waals surface area contributed by atoms with Crippen LogP contribution in [0.25, 0.3) is 0 Å². The summed E-state index contributed by atoms with van der Waals surface area (Å²) in [4.78, 5) is 45.8. The predicted octanol–water partition coefficient (Wildman–Crippen LogP) is 3.17. The summed E-state index contributed by atoms with van der Waals surface area (Å²) in [6, 6.07) is 3.22. The van der Waals surface area contributed by atoms with Gasteiger partial charge in [-0.25, -0.2) is 4.98 Å².